The normalized spacial score (nSPS) is 19.4. The maximum atomic E-state index is 10.4. The minimum Gasteiger partial charge on any atom is -0.388 e. The highest BCUT2D eigenvalue weighted by Gasteiger charge is 2.13. The van der Waals surface area contributed by atoms with Crippen molar-refractivity contribution in [3.8, 4) is 0 Å². The van der Waals surface area contributed by atoms with Gasteiger partial charge < -0.3 is 10.0 Å². The molecule has 1 aliphatic heterocycles. The molecule has 2 heteroatoms. The van der Waals surface area contributed by atoms with E-state index in [1.54, 1.807) is 0 Å². The summed E-state index contributed by atoms with van der Waals surface area (Å²) in [7, 11) is 0. The Labute approximate surface area is 123 Å². The highest BCUT2D eigenvalue weighted by Crippen LogP contribution is 2.21. The maximum Gasteiger partial charge on any atom is 0.0802 e. The molecule has 0 saturated carbocycles. The van der Waals surface area contributed by atoms with Crippen LogP contribution in [0.2, 0.25) is 0 Å². The van der Waals surface area contributed by atoms with E-state index in [1.165, 1.54) is 56.3 Å². The fraction of sp³-hybridized carbons (Fsp3) is 0.667. The Morgan fingerprint density at radius 1 is 0.950 bits per heavy atom. The molecule has 0 radical (unpaired) electrons. The molecule has 20 heavy (non-hydrogen) atoms. The average molecular weight is 275 g/mol. The zero-order valence-electron chi connectivity index (χ0n) is 13.1. The van der Waals surface area contributed by atoms with Crippen molar-refractivity contribution in [3.63, 3.8) is 0 Å². The quantitative estimate of drug-likeness (QED) is 0.898. The summed E-state index contributed by atoms with van der Waals surface area (Å²) in [6.45, 7) is 7.64. The fourth-order valence-corrected chi connectivity index (χ4v) is 3.21. The number of aliphatic hydroxyl groups excluding tert-OH is 1. The number of likely N-dealkylation sites (tertiary alicyclic amines) is 1. The first-order valence-corrected chi connectivity index (χ1v) is 8.14. The number of rotatable bonds is 4. The molecule has 2 rings (SSSR count). The van der Waals surface area contributed by atoms with Gasteiger partial charge in [-0.25, -0.2) is 0 Å². The summed E-state index contributed by atoms with van der Waals surface area (Å²) in [5, 5.41) is 10.4. The van der Waals surface area contributed by atoms with Gasteiger partial charge in [-0.3, -0.25) is 0 Å². The van der Waals surface area contributed by atoms with Crippen LogP contribution in [0.3, 0.4) is 0 Å². The third kappa shape index (κ3) is 4.92. The first-order valence-electron chi connectivity index (χ1n) is 8.14. The van der Waals surface area contributed by atoms with Crippen LogP contribution < -0.4 is 0 Å². The number of nitrogens with zero attached hydrogens (tertiary/aromatic N) is 1. The van der Waals surface area contributed by atoms with E-state index in [0.29, 0.717) is 0 Å². The van der Waals surface area contributed by atoms with Crippen LogP contribution in [0.15, 0.2) is 18.2 Å². The molecule has 1 aromatic carbocycles. The van der Waals surface area contributed by atoms with Crippen molar-refractivity contribution >= 4 is 0 Å². The third-order valence-electron chi connectivity index (χ3n) is 4.30. The van der Waals surface area contributed by atoms with Crippen molar-refractivity contribution in [2.45, 2.75) is 58.5 Å². The molecule has 0 aliphatic carbocycles. The summed E-state index contributed by atoms with van der Waals surface area (Å²) >= 11 is 0. The lowest BCUT2D eigenvalue weighted by Gasteiger charge is -2.25. The Hall–Kier alpha value is -0.860. The molecule has 0 aromatic heterocycles. The van der Waals surface area contributed by atoms with Gasteiger partial charge in [-0.15, -0.1) is 0 Å². The Balaban J connectivity index is 1.85. The van der Waals surface area contributed by atoms with Gasteiger partial charge in [0.15, 0.2) is 0 Å². The molecule has 0 amide bonds. The number of aliphatic hydroxyl groups is 1. The molecular weight excluding hydrogens is 246 g/mol. The van der Waals surface area contributed by atoms with E-state index >= 15 is 0 Å². The standard InChI is InChI=1S/C18H29NO/c1-15-12-16(2)14-17(13-15)18(20)8-11-19-9-6-4-3-5-7-10-19/h12-14,18,20H,3-11H2,1-2H3. The lowest BCUT2D eigenvalue weighted by molar-refractivity contribution is 0.138. The molecule has 1 heterocycles. The van der Waals surface area contributed by atoms with Gasteiger partial charge in [-0.1, -0.05) is 48.6 Å². The van der Waals surface area contributed by atoms with Gasteiger partial charge in [0.1, 0.15) is 0 Å². The molecule has 1 saturated heterocycles. The SMILES string of the molecule is Cc1cc(C)cc(C(O)CCN2CCCCCCC2)c1. The van der Waals surface area contributed by atoms with Crippen molar-refractivity contribution < 1.29 is 5.11 Å². The van der Waals surface area contributed by atoms with Crippen LogP contribution in [0.4, 0.5) is 0 Å². The molecule has 0 bridgehead atoms. The van der Waals surface area contributed by atoms with E-state index in [9.17, 15) is 5.11 Å². The summed E-state index contributed by atoms with van der Waals surface area (Å²) in [5.41, 5.74) is 3.56. The summed E-state index contributed by atoms with van der Waals surface area (Å²) in [5.74, 6) is 0. The second-order valence-corrected chi connectivity index (χ2v) is 6.33. The molecule has 1 N–H and O–H groups in total. The molecule has 1 unspecified atom stereocenters. The predicted molar refractivity (Wildman–Crippen MR) is 85.0 cm³/mol. The van der Waals surface area contributed by atoms with E-state index in [0.717, 1.165) is 18.5 Å². The summed E-state index contributed by atoms with van der Waals surface area (Å²) in [6, 6.07) is 6.39. The van der Waals surface area contributed by atoms with Crippen molar-refractivity contribution in [3.05, 3.63) is 34.9 Å². The molecule has 1 atom stereocenters. The molecule has 1 aromatic rings. The second-order valence-electron chi connectivity index (χ2n) is 6.33. The number of hydrogen-bond acceptors (Lipinski definition) is 2. The molecule has 112 valence electrons. The molecule has 1 fully saturated rings. The van der Waals surface area contributed by atoms with Crippen LogP contribution in [-0.2, 0) is 0 Å². The Morgan fingerprint density at radius 3 is 2.10 bits per heavy atom. The van der Waals surface area contributed by atoms with Crippen LogP contribution in [-0.4, -0.2) is 29.6 Å². The van der Waals surface area contributed by atoms with Crippen LogP contribution in [0, 0.1) is 13.8 Å². The van der Waals surface area contributed by atoms with Gasteiger partial charge in [0.2, 0.25) is 0 Å². The number of hydrogen-bond donors (Lipinski definition) is 1. The highest BCUT2D eigenvalue weighted by atomic mass is 16.3. The zero-order valence-corrected chi connectivity index (χ0v) is 13.1. The Bertz CT molecular complexity index is 388. The van der Waals surface area contributed by atoms with Crippen molar-refractivity contribution in [2.75, 3.05) is 19.6 Å². The number of aryl methyl sites for hydroxylation is 2. The summed E-state index contributed by atoms with van der Waals surface area (Å²) < 4.78 is 0. The Morgan fingerprint density at radius 2 is 1.50 bits per heavy atom. The van der Waals surface area contributed by atoms with E-state index in [4.69, 9.17) is 0 Å². The molecule has 1 aliphatic rings. The second kappa shape index (κ2) is 7.80. The van der Waals surface area contributed by atoms with Gasteiger partial charge in [0.25, 0.3) is 0 Å². The van der Waals surface area contributed by atoms with Gasteiger partial charge >= 0.3 is 0 Å². The minimum absolute atomic E-state index is 0.320. The maximum absolute atomic E-state index is 10.4. The molecule has 2 nitrogen and oxygen atoms in total. The lowest BCUT2D eigenvalue weighted by atomic mass is 10.0. The van der Waals surface area contributed by atoms with Crippen molar-refractivity contribution in [1.82, 2.24) is 4.90 Å². The molecule has 0 spiro atoms. The minimum atomic E-state index is -0.320. The Kier molecular flexibility index (Phi) is 6.06. The average Bonchev–Trinajstić information content (AvgIpc) is 2.36. The van der Waals surface area contributed by atoms with Crippen LogP contribution in [0.1, 0.15) is 61.3 Å². The van der Waals surface area contributed by atoms with E-state index in [1.807, 2.05) is 0 Å². The predicted octanol–water partition coefficient (Wildman–Crippen LogP) is 3.99. The van der Waals surface area contributed by atoms with E-state index < -0.39 is 0 Å². The van der Waals surface area contributed by atoms with E-state index in [-0.39, 0.29) is 6.10 Å². The van der Waals surface area contributed by atoms with Crippen LogP contribution >= 0.6 is 0 Å². The molecular formula is C18H29NO. The van der Waals surface area contributed by atoms with Gasteiger partial charge in [-0.2, -0.15) is 0 Å². The topological polar surface area (TPSA) is 23.5 Å². The van der Waals surface area contributed by atoms with E-state index in [2.05, 4.69) is 36.9 Å². The number of benzene rings is 1. The van der Waals surface area contributed by atoms with Crippen molar-refractivity contribution in [2.24, 2.45) is 0 Å². The van der Waals surface area contributed by atoms with Crippen LogP contribution in [0.5, 0.6) is 0 Å². The lowest BCUT2D eigenvalue weighted by Crippen LogP contribution is -2.29. The monoisotopic (exact) mass is 275 g/mol. The smallest absolute Gasteiger partial charge is 0.0802 e. The first-order chi connectivity index (χ1) is 9.65. The van der Waals surface area contributed by atoms with Crippen molar-refractivity contribution in [1.29, 1.82) is 0 Å². The summed E-state index contributed by atoms with van der Waals surface area (Å²) in [4.78, 5) is 2.53. The fourth-order valence-electron chi connectivity index (χ4n) is 3.21. The van der Waals surface area contributed by atoms with Gasteiger partial charge in [0, 0.05) is 6.54 Å². The van der Waals surface area contributed by atoms with Gasteiger partial charge in [-0.05, 0) is 51.8 Å². The third-order valence-corrected chi connectivity index (χ3v) is 4.30. The van der Waals surface area contributed by atoms with Gasteiger partial charge in [0.05, 0.1) is 6.10 Å². The first kappa shape index (κ1) is 15.5. The highest BCUT2D eigenvalue weighted by molar-refractivity contribution is 5.29. The summed E-state index contributed by atoms with van der Waals surface area (Å²) in [6.07, 6.45) is 7.31. The zero-order chi connectivity index (χ0) is 14.4. The largest absolute Gasteiger partial charge is 0.388 e. The van der Waals surface area contributed by atoms with Crippen LogP contribution in [0.25, 0.3) is 0 Å².